The van der Waals surface area contributed by atoms with Crippen LogP contribution in [0.2, 0.25) is 0 Å². The minimum Gasteiger partial charge on any atom is -0.344 e. The Balaban J connectivity index is 2.59. The second-order valence-electron chi connectivity index (χ2n) is 2.88. The summed E-state index contributed by atoms with van der Waals surface area (Å²) in [6.45, 7) is -0.231. The molecule has 1 aromatic carbocycles. The zero-order chi connectivity index (χ0) is 11.5. The van der Waals surface area contributed by atoms with Crippen LogP contribution in [-0.2, 0) is 11.3 Å². The summed E-state index contributed by atoms with van der Waals surface area (Å²) in [5, 5.41) is 1.74. The second-order valence-corrected chi connectivity index (χ2v) is 2.88. The summed E-state index contributed by atoms with van der Waals surface area (Å²) in [6, 6.07) is 6.39. The lowest BCUT2D eigenvalue weighted by atomic mass is 9.91. The van der Waals surface area contributed by atoms with Crippen LogP contribution in [-0.4, -0.2) is 19.9 Å². The quantitative estimate of drug-likeness (QED) is 0.718. The summed E-state index contributed by atoms with van der Waals surface area (Å²) >= 11 is 0. The van der Waals surface area contributed by atoms with Crippen molar-refractivity contribution in [2.75, 3.05) is 0 Å². The summed E-state index contributed by atoms with van der Waals surface area (Å²) < 4.78 is 35.4. The molecule has 0 saturated carbocycles. The fraction of sp³-hybridized carbons (Fsp3) is 0.222. The second kappa shape index (κ2) is 4.38. The highest BCUT2D eigenvalue weighted by molar-refractivity contribution is 6.33. The van der Waals surface area contributed by atoms with Crippen molar-refractivity contribution in [1.82, 2.24) is 5.32 Å². The monoisotopic (exact) mass is 213 g/mol. The lowest BCUT2D eigenvalue weighted by Gasteiger charge is -2.09. The average molecular weight is 213 g/mol. The third-order valence-corrected chi connectivity index (χ3v) is 1.75. The minimum atomic E-state index is -4.86. The molecule has 0 heterocycles. The molecule has 0 atom stereocenters. The van der Waals surface area contributed by atoms with Crippen LogP contribution in [0.15, 0.2) is 24.3 Å². The van der Waals surface area contributed by atoms with Crippen molar-refractivity contribution < 1.29 is 18.0 Å². The van der Waals surface area contributed by atoms with Crippen LogP contribution in [0.5, 0.6) is 0 Å². The van der Waals surface area contributed by atoms with Gasteiger partial charge in [-0.1, -0.05) is 29.7 Å². The molecule has 2 nitrogen and oxygen atoms in total. The van der Waals surface area contributed by atoms with Crippen molar-refractivity contribution >= 4 is 19.2 Å². The molecule has 78 valence electrons. The van der Waals surface area contributed by atoms with Gasteiger partial charge in [0.15, 0.2) is 0 Å². The fourth-order valence-electron chi connectivity index (χ4n) is 0.971. The Kier molecular flexibility index (Phi) is 3.39. The average Bonchev–Trinajstić information content (AvgIpc) is 2.14. The number of benzene rings is 1. The standard InChI is InChI=1S/C9H7BF3NO/c10-7-4-2-1-3-6(7)5-14-8(15)9(11,12)13/h1-4H,5H2,(H,14,15). The molecule has 6 heteroatoms. The summed E-state index contributed by atoms with van der Waals surface area (Å²) in [7, 11) is 5.48. The SMILES string of the molecule is [B]c1ccccc1CNC(=O)C(F)(F)F. The van der Waals surface area contributed by atoms with Crippen LogP contribution < -0.4 is 10.8 Å². The van der Waals surface area contributed by atoms with Crippen LogP contribution in [0.3, 0.4) is 0 Å². The fourth-order valence-corrected chi connectivity index (χ4v) is 0.971. The highest BCUT2D eigenvalue weighted by Crippen LogP contribution is 2.14. The maximum atomic E-state index is 11.8. The number of alkyl halides is 3. The predicted octanol–water partition coefficient (Wildman–Crippen LogP) is 0.659. The maximum Gasteiger partial charge on any atom is 0.471 e. The third kappa shape index (κ3) is 3.30. The molecule has 0 aliphatic heterocycles. The maximum absolute atomic E-state index is 11.8. The number of hydrogen-bond acceptors (Lipinski definition) is 1. The number of halogens is 3. The molecule has 1 amide bonds. The molecular formula is C9H7BF3NO. The molecule has 15 heavy (non-hydrogen) atoms. The van der Waals surface area contributed by atoms with Gasteiger partial charge in [-0.3, -0.25) is 4.79 Å². The van der Waals surface area contributed by atoms with Crippen molar-refractivity contribution in [3.63, 3.8) is 0 Å². The highest BCUT2D eigenvalue weighted by Gasteiger charge is 2.38. The van der Waals surface area contributed by atoms with Crippen LogP contribution in [0.1, 0.15) is 5.56 Å². The van der Waals surface area contributed by atoms with E-state index in [0.717, 1.165) is 0 Å². The molecule has 1 aromatic rings. The van der Waals surface area contributed by atoms with E-state index in [9.17, 15) is 18.0 Å². The number of amides is 1. The van der Waals surface area contributed by atoms with Gasteiger partial charge in [-0.25, -0.2) is 0 Å². The lowest BCUT2D eigenvalue weighted by molar-refractivity contribution is -0.173. The Labute approximate surface area is 85.9 Å². The number of nitrogens with one attached hydrogen (secondary N) is 1. The van der Waals surface area contributed by atoms with E-state index in [1.807, 2.05) is 0 Å². The number of rotatable bonds is 2. The van der Waals surface area contributed by atoms with Crippen LogP contribution in [0, 0.1) is 0 Å². The molecule has 0 aliphatic carbocycles. The molecular weight excluding hydrogens is 206 g/mol. The molecule has 0 aliphatic rings. The Bertz CT molecular complexity index is 365. The molecule has 0 spiro atoms. The van der Waals surface area contributed by atoms with Crippen LogP contribution in [0.25, 0.3) is 0 Å². The summed E-state index contributed by atoms with van der Waals surface area (Å²) in [6.07, 6.45) is -4.86. The summed E-state index contributed by atoms with van der Waals surface area (Å²) in [5.74, 6) is -1.97. The first kappa shape index (κ1) is 11.6. The Morgan fingerprint density at radius 2 is 1.93 bits per heavy atom. The van der Waals surface area contributed by atoms with E-state index in [4.69, 9.17) is 7.85 Å². The van der Waals surface area contributed by atoms with E-state index in [2.05, 4.69) is 0 Å². The van der Waals surface area contributed by atoms with E-state index in [-0.39, 0.29) is 6.54 Å². The van der Waals surface area contributed by atoms with E-state index < -0.39 is 12.1 Å². The van der Waals surface area contributed by atoms with Gasteiger partial charge in [0.25, 0.3) is 0 Å². The van der Waals surface area contributed by atoms with Gasteiger partial charge in [0.05, 0.1) is 0 Å². The van der Waals surface area contributed by atoms with E-state index in [1.165, 1.54) is 0 Å². The van der Waals surface area contributed by atoms with Gasteiger partial charge in [0, 0.05) is 6.54 Å². The predicted molar refractivity (Wildman–Crippen MR) is 49.7 cm³/mol. The van der Waals surface area contributed by atoms with Crippen LogP contribution in [0.4, 0.5) is 13.2 Å². The zero-order valence-corrected chi connectivity index (χ0v) is 7.64. The van der Waals surface area contributed by atoms with E-state index in [1.54, 1.807) is 29.6 Å². The van der Waals surface area contributed by atoms with Gasteiger partial charge in [0.1, 0.15) is 7.85 Å². The third-order valence-electron chi connectivity index (χ3n) is 1.75. The Hall–Kier alpha value is -1.46. The van der Waals surface area contributed by atoms with Gasteiger partial charge >= 0.3 is 12.1 Å². The van der Waals surface area contributed by atoms with Gasteiger partial charge < -0.3 is 5.32 Å². The Morgan fingerprint density at radius 3 is 2.47 bits per heavy atom. The topological polar surface area (TPSA) is 29.1 Å². The molecule has 1 rings (SSSR count). The van der Waals surface area contributed by atoms with Crippen molar-refractivity contribution in [2.24, 2.45) is 0 Å². The molecule has 0 fully saturated rings. The first-order valence-corrected chi connectivity index (χ1v) is 4.09. The normalized spacial score (nSPS) is 11.1. The van der Waals surface area contributed by atoms with Gasteiger partial charge in [0.2, 0.25) is 0 Å². The summed E-state index contributed by atoms with van der Waals surface area (Å²) in [4.78, 5) is 10.5. The van der Waals surface area contributed by atoms with E-state index >= 15 is 0 Å². The van der Waals surface area contributed by atoms with Gasteiger partial charge in [-0.15, -0.1) is 0 Å². The van der Waals surface area contributed by atoms with Crippen LogP contribution >= 0.6 is 0 Å². The number of carbonyl (C=O) groups excluding carboxylic acids is 1. The molecule has 0 saturated heterocycles. The molecule has 0 bridgehead atoms. The minimum absolute atomic E-state index is 0.231. The molecule has 1 N–H and O–H groups in total. The van der Waals surface area contributed by atoms with Crippen molar-refractivity contribution in [3.05, 3.63) is 29.8 Å². The zero-order valence-electron chi connectivity index (χ0n) is 7.64. The van der Waals surface area contributed by atoms with Crippen molar-refractivity contribution in [2.45, 2.75) is 12.7 Å². The smallest absolute Gasteiger partial charge is 0.344 e. The summed E-state index contributed by atoms with van der Waals surface area (Å²) in [5.41, 5.74) is 0.801. The molecule has 2 radical (unpaired) electrons. The lowest BCUT2D eigenvalue weighted by Crippen LogP contribution is -2.37. The first-order valence-electron chi connectivity index (χ1n) is 4.09. The van der Waals surface area contributed by atoms with E-state index in [0.29, 0.717) is 11.0 Å². The largest absolute Gasteiger partial charge is 0.471 e. The first-order chi connectivity index (χ1) is 6.91. The molecule has 0 aromatic heterocycles. The number of carbonyl (C=O) groups is 1. The van der Waals surface area contributed by atoms with Gasteiger partial charge in [-0.2, -0.15) is 13.2 Å². The Morgan fingerprint density at radius 1 is 1.33 bits per heavy atom. The molecule has 0 unspecified atom stereocenters. The number of hydrogen-bond donors (Lipinski definition) is 1. The van der Waals surface area contributed by atoms with Gasteiger partial charge in [-0.05, 0) is 5.56 Å². The highest BCUT2D eigenvalue weighted by atomic mass is 19.4. The van der Waals surface area contributed by atoms with Crippen molar-refractivity contribution in [3.8, 4) is 0 Å². The van der Waals surface area contributed by atoms with Crippen molar-refractivity contribution in [1.29, 1.82) is 0 Å².